The van der Waals surface area contributed by atoms with Crippen LogP contribution in [0.3, 0.4) is 0 Å². The minimum absolute atomic E-state index is 0.243. The van der Waals surface area contributed by atoms with Gasteiger partial charge in [-0.05, 0) is 20.8 Å². The summed E-state index contributed by atoms with van der Waals surface area (Å²) in [7, 11) is 0. The lowest BCUT2D eigenvalue weighted by atomic mass is 9.75. The van der Waals surface area contributed by atoms with E-state index in [9.17, 15) is 9.90 Å². The molecule has 2 rings (SSSR count). The Morgan fingerprint density at radius 3 is 2.60 bits per heavy atom. The van der Waals surface area contributed by atoms with Crippen molar-refractivity contribution < 1.29 is 14.6 Å². The number of hydrogen-bond donors (Lipinski definition) is 1. The van der Waals surface area contributed by atoms with Crippen LogP contribution < -0.4 is 0 Å². The standard InChI is InChI=1S/C10H15NO3S/c1-6-11-10(7(12)13)5-15-8(2,3)9(10,4)14-6/h5H2,1-4H3,(H,12,13). The summed E-state index contributed by atoms with van der Waals surface area (Å²) < 4.78 is 5.46. The highest BCUT2D eigenvalue weighted by Crippen LogP contribution is 2.57. The molecule has 2 aliphatic heterocycles. The first-order valence-corrected chi connectivity index (χ1v) is 5.87. The molecule has 0 saturated carbocycles. The van der Waals surface area contributed by atoms with E-state index >= 15 is 0 Å². The van der Waals surface area contributed by atoms with Crippen molar-refractivity contribution in [3.8, 4) is 0 Å². The van der Waals surface area contributed by atoms with Crippen molar-refractivity contribution in [2.75, 3.05) is 5.75 Å². The number of carbonyl (C=O) groups is 1. The fourth-order valence-corrected chi connectivity index (χ4v) is 3.82. The molecule has 0 bridgehead atoms. The van der Waals surface area contributed by atoms with Crippen molar-refractivity contribution >= 4 is 23.6 Å². The summed E-state index contributed by atoms with van der Waals surface area (Å²) in [6.07, 6.45) is 0. The topological polar surface area (TPSA) is 58.9 Å². The summed E-state index contributed by atoms with van der Waals surface area (Å²) >= 11 is 1.61. The van der Waals surface area contributed by atoms with Gasteiger partial charge in [0, 0.05) is 12.7 Å². The molecule has 5 heteroatoms. The van der Waals surface area contributed by atoms with Gasteiger partial charge >= 0.3 is 5.97 Å². The third-order valence-corrected chi connectivity index (χ3v) is 5.31. The molecule has 0 aliphatic carbocycles. The van der Waals surface area contributed by atoms with E-state index in [0.717, 1.165) is 0 Å². The molecule has 0 radical (unpaired) electrons. The summed E-state index contributed by atoms with van der Waals surface area (Å²) in [4.78, 5) is 15.7. The lowest BCUT2D eigenvalue weighted by Gasteiger charge is -2.38. The molecule has 2 unspecified atom stereocenters. The number of aliphatic imine (C=N–C) groups is 1. The van der Waals surface area contributed by atoms with Gasteiger partial charge in [0.2, 0.25) is 5.54 Å². The molecule has 0 aromatic rings. The van der Waals surface area contributed by atoms with E-state index in [1.807, 2.05) is 20.8 Å². The molecule has 2 heterocycles. The summed E-state index contributed by atoms with van der Waals surface area (Å²) in [5, 5.41) is 9.39. The van der Waals surface area contributed by atoms with Crippen LogP contribution in [0.2, 0.25) is 0 Å². The van der Waals surface area contributed by atoms with Crippen LogP contribution in [0, 0.1) is 0 Å². The fraction of sp³-hybridized carbons (Fsp3) is 0.800. The first-order valence-electron chi connectivity index (χ1n) is 4.88. The lowest BCUT2D eigenvalue weighted by Crippen LogP contribution is -2.59. The number of aliphatic carboxylic acids is 1. The van der Waals surface area contributed by atoms with Gasteiger partial charge in [-0.3, -0.25) is 0 Å². The first-order chi connectivity index (χ1) is 6.75. The van der Waals surface area contributed by atoms with Gasteiger partial charge in [-0.25, -0.2) is 9.79 Å². The summed E-state index contributed by atoms with van der Waals surface area (Å²) in [6.45, 7) is 7.59. The highest BCUT2D eigenvalue weighted by atomic mass is 32.2. The number of hydrogen-bond acceptors (Lipinski definition) is 4. The van der Waals surface area contributed by atoms with Crippen molar-refractivity contribution in [3.63, 3.8) is 0 Å². The number of carboxylic acids is 1. The summed E-state index contributed by atoms with van der Waals surface area (Å²) in [5.41, 5.74) is -1.86. The third kappa shape index (κ3) is 1.04. The van der Waals surface area contributed by atoms with E-state index in [-0.39, 0.29) is 4.75 Å². The highest BCUT2D eigenvalue weighted by molar-refractivity contribution is 8.01. The number of carboxylic acid groups (broad SMARTS) is 1. The second-order valence-electron chi connectivity index (χ2n) is 4.73. The minimum atomic E-state index is -1.11. The summed E-state index contributed by atoms with van der Waals surface area (Å²) in [6, 6.07) is 0. The molecule has 2 atom stereocenters. The maximum atomic E-state index is 11.4. The normalized spacial score (nSPS) is 42.0. The van der Waals surface area contributed by atoms with Crippen LogP contribution >= 0.6 is 11.8 Å². The average molecular weight is 229 g/mol. The molecule has 0 aromatic heterocycles. The van der Waals surface area contributed by atoms with Gasteiger partial charge in [-0.1, -0.05) is 0 Å². The Bertz CT molecular complexity index is 366. The molecule has 0 amide bonds. The molecular formula is C10H15NO3S. The van der Waals surface area contributed by atoms with E-state index in [1.54, 1.807) is 18.7 Å². The van der Waals surface area contributed by atoms with Crippen molar-refractivity contribution in [2.45, 2.75) is 43.6 Å². The van der Waals surface area contributed by atoms with Crippen LogP contribution in [-0.2, 0) is 9.53 Å². The van der Waals surface area contributed by atoms with Crippen LogP contribution in [0.15, 0.2) is 4.99 Å². The van der Waals surface area contributed by atoms with Gasteiger partial charge < -0.3 is 9.84 Å². The third-order valence-electron chi connectivity index (χ3n) is 3.63. The van der Waals surface area contributed by atoms with E-state index < -0.39 is 17.1 Å². The molecule has 15 heavy (non-hydrogen) atoms. The SMILES string of the molecule is CC1=NC2(C(=O)O)CSC(C)(C)C2(C)O1. The van der Waals surface area contributed by atoms with Gasteiger partial charge in [0.1, 0.15) is 0 Å². The number of ether oxygens (including phenoxy) is 1. The van der Waals surface area contributed by atoms with Crippen molar-refractivity contribution in [3.05, 3.63) is 0 Å². The molecule has 84 valence electrons. The Labute approximate surface area is 93.1 Å². The maximum Gasteiger partial charge on any atom is 0.336 e. The predicted octanol–water partition coefficient (Wildman–Crippen LogP) is 1.54. The monoisotopic (exact) mass is 229 g/mol. The quantitative estimate of drug-likeness (QED) is 0.741. The Balaban J connectivity index is 2.57. The second-order valence-corrected chi connectivity index (χ2v) is 6.33. The van der Waals surface area contributed by atoms with Gasteiger partial charge in [0.15, 0.2) is 11.5 Å². The average Bonchev–Trinajstić information content (AvgIpc) is 2.45. The zero-order chi connectivity index (χ0) is 11.5. The van der Waals surface area contributed by atoms with E-state index in [4.69, 9.17) is 4.74 Å². The van der Waals surface area contributed by atoms with Crippen LogP contribution in [0.1, 0.15) is 27.7 Å². The number of nitrogens with zero attached hydrogens (tertiary/aromatic N) is 1. The molecule has 1 saturated heterocycles. The van der Waals surface area contributed by atoms with Crippen molar-refractivity contribution in [2.24, 2.45) is 4.99 Å². The van der Waals surface area contributed by atoms with Gasteiger partial charge in [0.25, 0.3) is 0 Å². The zero-order valence-corrected chi connectivity index (χ0v) is 10.1. The minimum Gasteiger partial charge on any atom is -0.479 e. The largest absolute Gasteiger partial charge is 0.479 e. The van der Waals surface area contributed by atoms with E-state index in [2.05, 4.69) is 4.99 Å². The van der Waals surface area contributed by atoms with Crippen LogP contribution in [0.25, 0.3) is 0 Å². The molecular weight excluding hydrogens is 214 g/mol. The predicted molar refractivity (Wildman–Crippen MR) is 59.5 cm³/mol. The molecule has 2 aliphatic rings. The number of thioether (sulfide) groups is 1. The van der Waals surface area contributed by atoms with Gasteiger partial charge in [-0.15, -0.1) is 11.8 Å². The first kappa shape index (κ1) is 10.8. The van der Waals surface area contributed by atoms with Crippen LogP contribution in [0.5, 0.6) is 0 Å². The zero-order valence-electron chi connectivity index (χ0n) is 9.33. The lowest BCUT2D eigenvalue weighted by molar-refractivity contribution is -0.149. The fourth-order valence-electron chi connectivity index (χ4n) is 2.31. The molecule has 1 N–H and O–H groups in total. The Morgan fingerprint density at radius 2 is 2.13 bits per heavy atom. The van der Waals surface area contributed by atoms with Crippen molar-refractivity contribution in [1.82, 2.24) is 0 Å². The van der Waals surface area contributed by atoms with E-state index in [0.29, 0.717) is 11.7 Å². The highest BCUT2D eigenvalue weighted by Gasteiger charge is 2.71. The Morgan fingerprint density at radius 1 is 1.53 bits per heavy atom. The number of fused-ring (bicyclic) bond motifs is 1. The summed E-state index contributed by atoms with van der Waals surface area (Å²) in [5.74, 6) is 0.0663. The van der Waals surface area contributed by atoms with Crippen molar-refractivity contribution in [1.29, 1.82) is 0 Å². The molecule has 4 nitrogen and oxygen atoms in total. The number of rotatable bonds is 1. The van der Waals surface area contributed by atoms with Crippen LogP contribution in [-0.4, -0.2) is 38.6 Å². The van der Waals surface area contributed by atoms with Gasteiger partial charge in [-0.2, -0.15) is 0 Å². The molecule has 0 spiro atoms. The Hall–Kier alpha value is -0.710. The second kappa shape index (κ2) is 2.70. The van der Waals surface area contributed by atoms with E-state index in [1.165, 1.54) is 0 Å². The molecule has 1 fully saturated rings. The Kier molecular flexibility index (Phi) is 1.94. The van der Waals surface area contributed by atoms with Crippen LogP contribution in [0.4, 0.5) is 0 Å². The molecule has 0 aromatic carbocycles. The smallest absolute Gasteiger partial charge is 0.336 e. The maximum absolute atomic E-state index is 11.4. The van der Waals surface area contributed by atoms with Gasteiger partial charge in [0.05, 0.1) is 4.75 Å².